The third-order valence-electron chi connectivity index (χ3n) is 6.60. The number of carbonyl (C=O) groups is 2. The fraction of sp³-hybridized carbons (Fsp3) is 0.103. The van der Waals surface area contributed by atoms with E-state index >= 15 is 0 Å². The normalized spacial score (nSPS) is 14.8. The number of allylic oxidation sites excluding steroid dienone is 2. The van der Waals surface area contributed by atoms with Crippen LogP contribution in [0.4, 0.5) is 5.69 Å². The van der Waals surface area contributed by atoms with E-state index in [0.717, 1.165) is 0 Å². The van der Waals surface area contributed by atoms with Crippen molar-refractivity contribution in [2.75, 3.05) is 11.8 Å². The lowest BCUT2D eigenvalue weighted by molar-refractivity contribution is -0.143. The predicted octanol–water partition coefficient (Wildman–Crippen LogP) is 6.16. The topological polar surface area (TPSA) is 117 Å². The number of fused-ring (bicyclic) bond motifs is 1. The highest BCUT2D eigenvalue weighted by atomic mass is 127. The zero-order valence-corrected chi connectivity index (χ0v) is 27.6. The van der Waals surface area contributed by atoms with E-state index in [1.165, 1.54) is 31.4 Å². The van der Waals surface area contributed by atoms with Gasteiger partial charge in [0.1, 0.15) is 10.9 Å². The van der Waals surface area contributed by atoms with Crippen LogP contribution in [-0.4, -0.2) is 37.8 Å². The zero-order chi connectivity index (χ0) is 30.7. The van der Waals surface area contributed by atoms with Crippen molar-refractivity contribution < 1.29 is 22.7 Å². The summed E-state index contributed by atoms with van der Waals surface area (Å²) in [5.41, 5.74) is 1.87. The van der Waals surface area contributed by atoms with Crippen LogP contribution in [0.1, 0.15) is 27.4 Å². The van der Waals surface area contributed by atoms with Crippen LogP contribution in [0.25, 0.3) is 0 Å². The molecule has 0 unspecified atom stereocenters. The number of sulfonamides is 1. The molecule has 0 radical (unpaired) electrons. The SMILES string of the molecule is COC(=O)[C@@H](NC(=O)c1ccc(I)cc1NS(=O)(=O)C1=CC=CN2SNC=C12)C(c1ccc(Cl)cc1)c1ccc(Cl)cc1. The van der Waals surface area contributed by atoms with Crippen LogP contribution in [0.2, 0.25) is 10.0 Å². The minimum absolute atomic E-state index is 0.0144. The van der Waals surface area contributed by atoms with Crippen LogP contribution in [0.5, 0.6) is 0 Å². The molecule has 5 rings (SSSR count). The molecule has 0 aliphatic carbocycles. The highest BCUT2D eigenvalue weighted by Gasteiger charge is 2.35. The minimum Gasteiger partial charge on any atom is -0.467 e. The van der Waals surface area contributed by atoms with E-state index in [2.05, 4.69) is 14.8 Å². The van der Waals surface area contributed by atoms with Crippen molar-refractivity contribution in [2.24, 2.45) is 0 Å². The van der Waals surface area contributed by atoms with Crippen LogP contribution in [0.15, 0.2) is 102 Å². The van der Waals surface area contributed by atoms with E-state index in [1.807, 2.05) is 22.6 Å². The Balaban J connectivity index is 1.51. The second-order valence-corrected chi connectivity index (χ2v) is 13.9. The van der Waals surface area contributed by atoms with Gasteiger partial charge in [0.25, 0.3) is 15.9 Å². The second kappa shape index (κ2) is 13.2. The summed E-state index contributed by atoms with van der Waals surface area (Å²) in [4.78, 5) is 27.1. The summed E-state index contributed by atoms with van der Waals surface area (Å²) in [6, 6.07) is 17.3. The van der Waals surface area contributed by atoms with Gasteiger partial charge in [-0.1, -0.05) is 47.5 Å². The van der Waals surface area contributed by atoms with Gasteiger partial charge in [0.2, 0.25) is 0 Å². The highest BCUT2D eigenvalue weighted by Crippen LogP contribution is 2.35. The molecular weight excluding hydrogens is 746 g/mol. The van der Waals surface area contributed by atoms with Crippen molar-refractivity contribution in [1.82, 2.24) is 14.3 Å². The van der Waals surface area contributed by atoms with Gasteiger partial charge in [-0.2, -0.15) is 0 Å². The number of halogens is 3. The number of ether oxygens (including phenoxy) is 1. The van der Waals surface area contributed by atoms with Gasteiger partial charge in [0.15, 0.2) is 0 Å². The first kappa shape index (κ1) is 31.3. The van der Waals surface area contributed by atoms with E-state index in [4.69, 9.17) is 27.9 Å². The Hall–Kier alpha value is -3.17. The molecule has 9 nitrogen and oxygen atoms in total. The van der Waals surface area contributed by atoms with Crippen LogP contribution in [0.3, 0.4) is 0 Å². The standard InChI is InChI=1S/C29H23Cl2IN4O5S2/c1-41-29(38)27(26(17-4-8-19(30)9-5-17)18-6-10-20(31)11-7-18)34-28(37)22-13-12-21(32)15-23(22)35-43(39,40)25-3-2-14-36-24(25)16-33-42-36/h2-16,26-27,33,35H,1H3,(H,34,37)/t27-/m0/s1. The summed E-state index contributed by atoms with van der Waals surface area (Å²) < 4.78 is 40.1. The Labute approximate surface area is 276 Å². The quantitative estimate of drug-likeness (QED) is 0.135. The largest absolute Gasteiger partial charge is 0.467 e. The van der Waals surface area contributed by atoms with E-state index in [0.29, 0.717) is 30.4 Å². The zero-order valence-electron chi connectivity index (χ0n) is 22.3. The third-order valence-corrected chi connectivity index (χ3v) is 9.93. The summed E-state index contributed by atoms with van der Waals surface area (Å²) in [5.74, 6) is -2.08. The molecule has 0 saturated carbocycles. The Morgan fingerprint density at radius 2 is 1.63 bits per heavy atom. The Bertz CT molecular complexity index is 1720. The molecule has 2 aliphatic heterocycles. The number of rotatable bonds is 9. The van der Waals surface area contributed by atoms with E-state index < -0.39 is 33.9 Å². The van der Waals surface area contributed by atoms with Crippen LogP contribution >= 0.6 is 57.9 Å². The fourth-order valence-electron chi connectivity index (χ4n) is 4.60. The van der Waals surface area contributed by atoms with Crippen LogP contribution in [0, 0.1) is 3.57 Å². The molecule has 3 aromatic carbocycles. The number of benzene rings is 3. The number of nitrogens with one attached hydrogen (secondary N) is 3. The maximum atomic E-state index is 13.9. The van der Waals surface area contributed by atoms with Gasteiger partial charge in [0, 0.05) is 31.9 Å². The summed E-state index contributed by atoms with van der Waals surface area (Å²) >= 11 is 15.5. The smallest absolute Gasteiger partial charge is 0.329 e. The van der Waals surface area contributed by atoms with Crippen LogP contribution < -0.4 is 14.8 Å². The molecule has 222 valence electrons. The number of anilines is 1. The van der Waals surface area contributed by atoms with Crippen LogP contribution in [-0.2, 0) is 19.6 Å². The number of nitrogens with zero attached hydrogens (tertiary/aromatic N) is 1. The van der Waals surface area contributed by atoms with E-state index in [9.17, 15) is 18.0 Å². The van der Waals surface area contributed by atoms with Gasteiger partial charge >= 0.3 is 5.97 Å². The first-order chi connectivity index (χ1) is 20.6. The summed E-state index contributed by atoms with van der Waals surface area (Å²) in [7, 11) is -2.90. The first-order valence-electron chi connectivity index (χ1n) is 12.6. The molecule has 3 N–H and O–H groups in total. The minimum atomic E-state index is -4.13. The van der Waals surface area contributed by atoms with Gasteiger partial charge in [-0.05, 0) is 88.3 Å². The molecule has 0 fully saturated rings. The second-order valence-electron chi connectivity index (χ2n) is 9.29. The number of amides is 1. The van der Waals surface area contributed by atoms with Gasteiger partial charge in [0.05, 0.1) is 36.2 Å². The summed E-state index contributed by atoms with van der Waals surface area (Å²) in [5, 5.41) is 3.80. The molecule has 3 aromatic rings. The molecule has 0 spiro atoms. The van der Waals surface area contributed by atoms with E-state index in [-0.39, 0.29) is 16.2 Å². The molecule has 1 amide bonds. The third kappa shape index (κ3) is 6.99. The summed E-state index contributed by atoms with van der Waals surface area (Å²) in [6.07, 6.45) is 6.39. The number of esters is 1. The molecule has 0 saturated heterocycles. The van der Waals surface area contributed by atoms with Gasteiger partial charge < -0.3 is 14.8 Å². The fourth-order valence-corrected chi connectivity index (χ4v) is 7.32. The molecular formula is C29H23Cl2IN4O5S2. The predicted molar refractivity (Wildman–Crippen MR) is 178 cm³/mol. The van der Waals surface area contributed by atoms with Crippen molar-refractivity contribution in [2.45, 2.75) is 12.0 Å². The van der Waals surface area contributed by atoms with Gasteiger partial charge in [-0.15, -0.1) is 0 Å². The molecule has 2 aliphatic rings. The Morgan fingerprint density at radius 1 is 1.00 bits per heavy atom. The lowest BCUT2D eigenvalue weighted by atomic mass is 9.84. The van der Waals surface area contributed by atoms with E-state index in [1.54, 1.807) is 83.4 Å². The molecule has 43 heavy (non-hydrogen) atoms. The van der Waals surface area contributed by atoms with Gasteiger partial charge in [-0.25, -0.2) is 13.2 Å². The average Bonchev–Trinajstić information content (AvgIpc) is 3.47. The summed E-state index contributed by atoms with van der Waals surface area (Å²) in [6.45, 7) is 0. The van der Waals surface area contributed by atoms with Crippen molar-refractivity contribution in [3.8, 4) is 0 Å². The number of methoxy groups -OCH3 is 1. The lowest BCUT2D eigenvalue weighted by Crippen LogP contribution is -2.46. The molecule has 0 bridgehead atoms. The Morgan fingerprint density at radius 3 is 2.23 bits per heavy atom. The molecule has 0 aromatic heterocycles. The molecule has 2 heterocycles. The molecule has 1 atom stereocenters. The lowest BCUT2D eigenvalue weighted by Gasteiger charge is -2.28. The maximum Gasteiger partial charge on any atom is 0.329 e. The van der Waals surface area contributed by atoms with Crippen molar-refractivity contribution in [1.29, 1.82) is 0 Å². The van der Waals surface area contributed by atoms with Crippen molar-refractivity contribution in [3.63, 3.8) is 0 Å². The molecule has 14 heteroatoms. The number of hydrogen-bond acceptors (Lipinski definition) is 8. The number of carbonyl (C=O) groups excluding carboxylic acids is 2. The average molecular weight is 769 g/mol. The first-order valence-corrected chi connectivity index (χ1v) is 16.7. The number of hydrogen-bond donors (Lipinski definition) is 3. The maximum absolute atomic E-state index is 13.9. The highest BCUT2D eigenvalue weighted by molar-refractivity contribution is 14.1. The Kier molecular flexibility index (Phi) is 9.61. The van der Waals surface area contributed by atoms with Crippen molar-refractivity contribution >= 4 is 85.5 Å². The van der Waals surface area contributed by atoms with Crippen molar-refractivity contribution in [3.05, 3.63) is 132 Å². The van der Waals surface area contributed by atoms with Gasteiger partial charge in [-0.3, -0.25) is 13.8 Å². The monoisotopic (exact) mass is 768 g/mol.